The molecule has 1 unspecified atom stereocenters. The van der Waals surface area contributed by atoms with Gasteiger partial charge in [0.15, 0.2) is 16.3 Å². The molecule has 0 saturated carbocycles. The summed E-state index contributed by atoms with van der Waals surface area (Å²) in [6.07, 6.45) is 1.52. The van der Waals surface area contributed by atoms with Crippen LogP contribution in [0.1, 0.15) is 13.8 Å². The highest BCUT2D eigenvalue weighted by Gasteiger charge is 2.18. The number of aromatic nitrogens is 4. The first-order valence-electron chi connectivity index (χ1n) is 5.77. The smallest absolute Gasteiger partial charge is 0.319 e. The minimum absolute atomic E-state index is 0.274. The van der Waals surface area contributed by atoms with Gasteiger partial charge in [0.1, 0.15) is 5.25 Å². The number of nitrogens with one attached hydrogen (secondary N) is 1. The number of hydrogen-bond donors (Lipinski definition) is 1. The highest BCUT2D eigenvalue weighted by Crippen LogP contribution is 2.20. The number of carbonyl (C=O) groups excluding carboxylic acids is 1. The highest BCUT2D eigenvalue weighted by atomic mass is 32.2. The molecule has 0 fully saturated rings. The quantitative estimate of drug-likeness (QED) is 0.504. The summed E-state index contributed by atoms with van der Waals surface area (Å²) in [5.74, 6) is -0.337. The molecule has 0 aliphatic carbocycles. The van der Waals surface area contributed by atoms with E-state index in [-0.39, 0.29) is 11.5 Å². The minimum Gasteiger partial charge on any atom is -0.465 e. The summed E-state index contributed by atoms with van der Waals surface area (Å²) in [6, 6.07) is 0. The van der Waals surface area contributed by atoms with E-state index in [1.165, 1.54) is 6.33 Å². The lowest BCUT2D eigenvalue weighted by molar-refractivity contribution is -0.142. The molecule has 7 nitrogen and oxygen atoms in total. The Morgan fingerprint density at radius 3 is 3.05 bits per heavy atom. The van der Waals surface area contributed by atoms with Crippen LogP contribution in [-0.2, 0) is 16.6 Å². The number of aryl methyl sites for hydroxylation is 1. The van der Waals surface area contributed by atoms with E-state index >= 15 is 0 Å². The summed E-state index contributed by atoms with van der Waals surface area (Å²) in [5, 5.41) is -0.0824. The lowest BCUT2D eigenvalue weighted by atomic mass is 10.5. The second-order valence-corrected chi connectivity index (χ2v) is 5.24. The third-order valence-corrected chi connectivity index (χ3v) is 3.43. The summed E-state index contributed by atoms with van der Waals surface area (Å²) < 4.78 is 6.50. The van der Waals surface area contributed by atoms with Gasteiger partial charge in [0.2, 0.25) is 0 Å². The number of hydrogen-bond acceptors (Lipinski definition) is 6. The van der Waals surface area contributed by atoms with Crippen LogP contribution in [0.4, 0.5) is 0 Å². The van der Waals surface area contributed by atoms with E-state index in [0.29, 0.717) is 22.9 Å². The van der Waals surface area contributed by atoms with Crippen molar-refractivity contribution in [1.29, 1.82) is 0 Å². The molecule has 0 amide bonds. The Hall–Kier alpha value is -1.83. The summed E-state index contributed by atoms with van der Waals surface area (Å²) >= 11 is 1.14. The van der Waals surface area contributed by atoms with Gasteiger partial charge in [-0.15, -0.1) is 0 Å². The molecular formula is C11H14N4O3S. The standard InChI is InChI=1S/C11H14N4O3S/c1-4-18-10(17)6(2)19-11-13-8-7(9(16)14-11)15(3)5-12-8/h5-6H,4H2,1-3H3,(H,13,14,16). The first-order valence-corrected chi connectivity index (χ1v) is 6.65. The number of ether oxygens (including phenoxy) is 1. The van der Waals surface area contributed by atoms with E-state index in [2.05, 4.69) is 15.0 Å². The molecule has 0 radical (unpaired) electrons. The topological polar surface area (TPSA) is 89.9 Å². The molecule has 2 aromatic heterocycles. The average Bonchev–Trinajstić information content (AvgIpc) is 2.71. The van der Waals surface area contributed by atoms with Gasteiger partial charge in [-0.1, -0.05) is 11.8 Å². The molecule has 102 valence electrons. The number of imidazole rings is 1. The van der Waals surface area contributed by atoms with E-state index in [0.717, 1.165) is 11.8 Å². The fourth-order valence-electron chi connectivity index (χ4n) is 1.57. The van der Waals surface area contributed by atoms with Gasteiger partial charge in [0.25, 0.3) is 5.56 Å². The zero-order valence-electron chi connectivity index (χ0n) is 10.8. The third-order valence-electron chi connectivity index (χ3n) is 2.47. The molecule has 1 atom stereocenters. The van der Waals surface area contributed by atoms with E-state index in [9.17, 15) is 9.59 Å². The molecule has 2 rings (SSSR count). The number of thioether (sulfide) groups is 1. The molecule has 0 aliphatic heterocycles. The van der Waals surface area contributed by atoms with Gasteiger partial charge in [-0.25, -0.2) is 9.97 Å². The van der Waals surface area contributed by atoms with Gasteiger partial charge < -0.3 is 9.30 Å². The monoisotopic (exact) mass is 282 g/mol. The maximum atomic E-state index is 11.9. The first-order chi connectivity index (χ1) is 9.02. The van der Waals surface area contributed by atoms with Gasteiger partial charge >= 0.3 is 5.97 Å². The molecular weight excluding hydrogens is 268 g/mol. The Balaban J connectivity index is 2.27. The highest BCUT2D eigenvalue weighted by molar-refractivity contribution is 8.00. The largest absolute Gasteiger partial charge is 0.465 e. The van der Waals surface area contributed by atoms with Crippen LogP contribution in [-0.4, -0.2) is 37.3 Å². The van der Waals surface area contributed by atoms with Crippen LogP contribution >= 0.6 is 11.8 Å². The number of esters is 1. The lowest BCUT2D eigenvalue weighted by Gasteiger charge is -2.08. The van der Waals surface area contributed by atoms with Crippen molar-refractivity contribution >= 4 is 28.9 Å². The summed E-state index contributed by atoms with van der Waals surface area (Å²) in [7, 11) is 1.72. The van der Waals surface area contributed by atoms with Gasteiger partial charge in [0.05, 0.1) is 12.9 Å². The number of carbonyl (C=O) groups is 1. The van der Waals surface area contributed by atoms with Gasteiger partial charge in [-0.3, -0.25) is 14.6 Å². The molecule has 0 bridgehead atoms. The summed E-state index contributed by atoms with van der Waals surface area (Å²) in [6.45, 7) is 3.77. The fraction of sp³-hybridized carbons (Fsp3) is 0.455. The number of aromatic amines is 1. The summed E-state index contributed by atoms with van der Waals surface area (Å²) in [4.78, 5) is 34.3. The molecule has 2 aromatic rings. The molecule has 8 heteroatoms. The van der Waals surface area contributed by atoms with Crippen LogP contribution in [0.3, 0.4) is 0 Å². The van der Waals surface area contributed by atoms with Crippen LogP contribution in [0.5, 0.6) is 0 Å². The van der Waals surface area contributed by atoms with Crippen molar-refractivity contribution in [3.8, 4) is 0 Å². The van der Waals surface area contributed by atoms with Crippen LogP contribution < -0.4 is 5.56 Å². The van der Waals surface area contributed by atoms with Gasteiger partial charge in [-0.2, -0.15) is 0 Å². The predicted molar refractivity (Wildman–Crippen MR) is 71.1 cm³/mol. The molecule has 0 spiro atoms. The Morgan fingerprint density at radius 2 is 2.37 bits per heavy atom. The van der Waals surface area contributed by atoms with Crippen molar-refractivity contribution < 1.29 is 9.53 Å². The van der Waals surface area contributed by atoms with Crippen LogP contribution in [0.25, 0.3) is 11.2 Å². The molecule has 0 aromatic carbocycles. The van der Waals surface area contributed by atoms with Crippen molar-refractivity contribution in [2.75, 3.05) is 6.61 Å². The van der Waals surface area contributed by atoms with Crippen molar-refractivity contribution in [2.24, 2.45) is 7.05 Å². The van der Waals surface area contributed by atoms with E-state index < -0.39 is 5.25 Å². The van der Waals surface area contributed by atoms with Crippen molar-refractivity contribution in [1.82, 2.24) is 19.5 Å². The number of nitrogens with zero attached hydrogens (tertiary/aromatic N) is 3. The zero-order chi connectivity index (χ0) is 14.0. The minimum atomic E-state index is -0.440. The second-order valence-electron chi connectivity index (χ2n) is 3.91. The molecule has 1 N–H and O–H groups in total. The Labute approximate surface area is 113 Å². The van der Waals surface area contributed by atoms with Gasteiger partial charge in [-0.05, 0) is 13.8 Å². The van der Waals surface area contributed by atoms with Crippen LogP contribution in [0, 0.1) is 0 Å². The number of H-pyrrole nitrogens is 1. The molecule has 2 heterocycles. The SMILES string of the molecule is CCOC(=O)C(C)Sc1nc2ncn(C)c2c(=O)[nH]1. The van der Waals surface area contributed by atoms with E-state index in [1.807, 2.05) is 0 Å². The second kappa shape index (κ2) is 5.43. The molecule has 19 heavy (non-hydrogen) atoms. The molecule has 0 saturated heterocycles. The Kier molecular flexibility index (Phi) is 3.89. The van der Waals surface area contributed by atoms with Crippen molar-refractivity contribution in [2.45, 2.75) is 24.3 Å². The average molecular weight is 282 g/mol. The maximum Gasteiger partial charge on any atom is 0.319 e. The normalized spacial score (nSPS) is 12.6. The Morgan fingerprint density at radius 1 is 1.63 bits per heavy atom. The van der Waals surface area contributed by atoms with Gasteiger partial charge in [0, 0.05) is 7.05 Å². The van der Waals surface area contributed by atoms with Crippen molar-refractivity contribution in [3.05, 3.63) is 16.7 Å². The Bertz CT molecular complexity index is 663. The number of fused-ring (bicyclic) bond motifs is 1. The summed E-state index contributed by atoms with van der Waals surface area (Å²) in [5.41, 5.74) is 0.501. The fourth-order valence-corrected chi connectivity index (χ4v) is 2.36. The first kappa shape index (κ1) is 13.6. The van der Waals surface area contributed by atoms with E-state index in [1.54, 1.807) is 25.5 Å². The third kappa shape index (κ3) is 2.78. The van der Waals surface area contributed by atoms with Crippen molar-refractivity contribution in [3.63, 3.8) is 0 Å². The van der Waals surface area contributed by atoms with Crippen LogP contribution in [0.2, 0.25) is 0 Å². The maximum absolute atomic E-state index is 11.9. The number of rotatable bonds is 4. The predicted octanol–water partition coefficient (Wildman–Crippen LogP) is 0.700. The van der Waals surface area contributed by atoms with Crippen LogP contribution in [0.15, 0.2) is 16.3 Å². The molecule has 0 aliphatic rings. The zero-order valence-corrected chi connectivity index (χ0v) is 11.7. The lowest BCUT2D eigenvalue weighted by Crippen LogP contribution is -2.18. The van der Waals surface area contributed by atoms with E-state index in [4.69, 9.17) is 4.74 Å².